The van der Waals surface area contributed by atoms with E-state index in [0.29, 0.717) is 6.04 Å². The van der Waals surface area contributed by atoms with Crippen LogP contribution in [0.15, 0.2) is 24.3 Å². The first-order valence-electron chi connectivity index (χ1n) is 6.25. The number of anilines is 1. The molecular weight excluding hydrogens is 309 g/mol. The van der Waals surface area contributed by atoms with Crippen molar-refractivity contribution >= 4 is 28.3 Å². The van der Waals surface area contributed by atoms with Crippen molar-refractivity contribution in [1.29, 1.82) is 0 Å². The van der Waals surface area contributed by atoms with Gasteiger partial charge in [-0.1, -0.05) is 44.7 Å². The Morgan fingerprint density at radius 1 is 1.19 bits per heavy atom. The molecule has 1 unspecified atom stereocenters. The van der Waals surface area contributed by atoms with Gasteiger partial charge in [-0.25, -0.2) is 0 Å². The molecule has 0 aliphatic rings. The summed E-state index contributed by atoms with van der Waals surface area (Å²) < 4.78 is 1.31. The van der Waals surface area contributed by atoms with E-state index >= 15 is 0 Å². The molecule has 0 fully saturated rings. The fraction of sp³-hybridized carbons (Fsp3) is 0.571. The van der Waals surface area contributed by atoms with E-state index in [1.165, 1.54) is 41.4 Å². The molecular formula is C14H22IN. The third-order valence-corrected chi connectivity index (χ3v) is 3.71. The normalized spacial score (nSPS) is 12.4. The predicted octanol–water partition coefficient (Wildman–Crippen LogP) is 5.06. The Bertz CT molecular complexity index is 299. The van der Waals surface area contributed by atoms with Crippen molar-refractivity contribution in [2.45, 2.75) is 52.0 Å². The first kappa shape index (κ1) is 13.8. The first-order valence-corrected chi connectivity index (χ1v) is 7.33. The lowest BCUT2D eigenvalue weighted by Crippen LogP contribution is -2.15. The van der Waals surface area contributed by atoms with Crippen LogP contribution in [-0.2, 0) is 0 Å². The van der Waals surface area contributed by atoms with E-state index in [1.807, 2.05) is 0 Å². The number of unbranched alkanes of at least 4 members (excludes halogenated alkanes) is 3. The summed E-state index contributed by atoms with van der Waals surface area (Å²) in [4.78, 5) is 0. The zero-order valence-electron chi connectivity index (χ0n) is 10.3. The van der Waals surface area contributed by atoms with Crippen LogP contribution in [0.5, 0.6) is 0 Å². The average molecular weight is 331 g/mol. The summed E-state index contributed by atoms with van der Waals surface area (Å²) in [6.45, 7) is 4.53. The van der Waals surface area contributed by atoms with E-state index in [4.69, 9.17) is 0 Å². The molecule has 0 aliphatic carbocycles. The molecule has 0 spiro atoms. The van der Waals surface area contributed by atoms with Gasteiger partial charge in [-0.3, -0.25) is 0 Å². The number of para-hydroxylation sites is 1. The molecule has 0 aliphatic heterocycles. The lowest BCUT2D eigenvalue weighted by Gasteiger charge is -2.16. The number of hydrogen-bond donors (Lipinski definition) is 1. The number of halogens is 1. The van der Waals surface area contributed by atoms with Crippen molar-refractivity contribution in [3.8, 4) is 0 Å². The SMILES string of the molecule is CCCCCCC(C)Nc1ccccc1I. The average Bonchev–Trinajstić information content (AvgIpc) is 2.28. The smallest absolute Gasteiger partial charge is 0.0477 e. The minimum Gasteiger partial charge on any atom is -0.382 e. The molecule has 0 radical (unpaired) electrons. The van der Waals surface area contributed by atoms with Gasteiger partial charge in [0.1, 0.15) is 0 Å². The molecule has 1 nitrogen and oxygen atoms in total. The van der Waals surface area contributed by atoms with Crippen LogP contribution in [0.2, 0.25) is 0 Å². The van der Waals surface area contributed by atoms with E-state index in [2.05, 4.69) is 66.0 Å². The minimum atomic E-state index is 0.577. The monoisotopic (exact) mass is 331 g/mol. The van der Waals surface area contributed by atoms with Crippen molar-refractivity contribution in [2.24, 2.45) is 0 Å². The van der Waals surface area contributed by atoms with Crippen molar-refractivity contribution in [3.05, 3.63) is 27.8 Å². The molecule has 90 valence electrons. The van der Waals surface area contributed by atoms with Gasteiger partial charge in [-0.2, -0.15) is 0 Å². The van der Waals surface area contributed by atoms with E-state index in [1.54, 1.807) is 0 Å². The molecule has 1 N–H and O–H groups in total. The molecule has 1 aromatic carbocycles. The molecule has 1 rings (SSSR count). The summed E-state index contributed by atoms with van der Waals surface area (Å²) in [5, 5.41) is 3.58. The molecule has 16 heavy (non-hydrogen) atoms. The molecule has 0 bridgehead atoms. The Hall–Kier alpha value is -0.250. The number of nitrogens with one attached hydrogen (secondary N) is 1. The zero-order valence-corrected chi connectivity index (χ0v) is 12.5. The third kappa shape index (κ3) is 5.19. The molecule has 0 saturated carbocycles. The van der Waals surface area contributed by atoms with E-state index in [9.17, 15) is 0 Å². The largest absolute Gasteiger partial charge is 0.382 e. The van der Waals surface area contributed by atoms with Crippen molar-refractivity contribution in [3.63, 3.8) is 0 Å². The minimum absolute atomic E-state index is 0.577. The van der Waals surface area contributed by atoms with Crippen LogP contribution in [0.25, 0.3) is 0 Å². The molecule has 0 heterocycles. The van der Waals surface area contributed by atoms with E-state index < -0.39 is 0 Å². The van der Waals surface area contributed by atoms with E-state index in [-0.39, 0.29) is 0 Å². The van der Waals surface area contributed by atoms with Gasteiger partial charge >= 0.3 is 0 Å². The van der Waals surface area contributed by atoms with Gasteiger partial charge in [0, 0.05) is 15.3 Å². The lowest BCUT2D eigenvalue weighted by molar-refractivity contribution is 0.594. The van der Waals surface area contributed by atoms with E-state index in [0.717, 1.165) is 0 Å². The highest BCUT2D eigenvalue weighted by atomic mass is 127. The van der Waals surface area contributed by atoms with Gasteiger partial charge in [0.25, 0.3) is 0 Å². The first-order chi connectivity index (χ1) is 7.74. The van der Waals surface area contributed by atoms with Crippen molar-refractivity contribution in [2.75, 3.05) is 5.32 Å². The molecule has 2 heteroatoms. The summed E-state index contributed by atoms with van der Waals surface area (Å²) in [7, 11) is 0. The molecule has 1 atom stereocenters. The summed E-state index contributed by atoms with van der Waals surface area (Å²) in [5.41, 5.74) is 1.27. The maximum Gasteiger partial charge on any atom is 0.0477 e. The van der Waals surface area contributed by atoms with Gasteiger partial charge in [0.05, 0.1) is 0 Å². The summed E-state index contributed by atoms with van der Waals surface area (Å²) in [6, 6.07) is 9.05. The maximum absolute atomic E-state index is 3.58. The predicted molar refractivity (Wildman–Crippen MR) is 81.0 cm³/mol. The Balaban J connectivity index is 2.28. The summed E-state index contributed by atoms with van der Waals surface area (Å²) in [5.74, 6) is 0. The topological polar surface area (TPSA) is 12.0 Å². The second-order valence-electron chi connectivity index (χ2n) is 4.37. The second kappa shape index (κ2) is 7.93. The van der Waals surface area contributed by atoms with Gasteiger partial charge in [-0.05, 0) is 48.1 Å². The highest BCUT2D eigenvalue weighted by Crippen LogP contribution is 2.19. The van der Waals surface area contributed by atoms with Crippen LogP contribution in [0.1, 0.15) is 46.0 Å². The number of rotatable bonds is 7. The lowest BCUT2D eigenvalue weighted by atomic mass is 10.1. The Morgan fingerprint density at radius 3 is 2.62 bits per heavy atom. The number of benzene rings is 1. The molecule has 0 aromatic heterocycles. The standard InChI is InChI=1S/C14H22IN/c1-3-4-5-6-9-12(2)16-14-11-8-7-10-13(14)15/h7-8,10-12,16H,3-6,9H2,1-2H3. The second-order valence-corrected chi connectivity index (χ2v) is 5.54. The summed E-state index contributed by atoms with van der Waals surface area (Å²) in [6.07, 6.45) is 6.67. The quantitative estimate of drug-likeness (QED) is 0.544. The van der Waals surface area contributed by atoms with Crippen LogP contribution in [0, 0.1) is 3.57 Å². The Labute approximate surface area is 113 Å². The fourth-order valence-corrected chi connectivity index (χ4v) is 2.34. The van der Waals surface area contributed by atoms with Crippen molar-refractivity contribution < 1.29 is 0 Å². The zero-order chi connectivity index (χ0) is 11.8. The van der Waals surface area contributed by atoms with Gasteiger partial charge < -0.3 is 5.32 Å². The highest BCUT2D eigenvalue weighted by Gasteiger charge is 2.03. The van der Waals surface area contributed by atoms with Crippen LogP contribution in [-0.4, -0.2) is 6.04 Å². The Kier molecular flexibility index (Phi) is 6.85. The highest BCUT2D eigenvalue weighted by molar-refractivity contribution is 14.1. The third-order valence-electron chi connectivity index (χ3n) is 2.77. The van der Waals surface area contributed by atoms with Crippen molar-refractivity contribution in [1.82, 2.24) is 0 Å². The Morgan fingerprint density at radius 2 is 1.94 bits per heavy atom. The fourth-order valence-electron chi connectivity index (χ4n) is 1.79. The number of hydrogen-bond acceptors (Lipinski definition) is 1. The van der Waals surface area contributed by atoms with Crippen LogP contribution in [0.4, 0.5) is 5.69 Å². The summed E-state index contributed by atoms with van der Waals surface area (Å²) >= 11 is 2.38. The van der Waals surface area contributed by atoms with Crippen LogP contribution < -0.4 is 5.32 Å². The maximum atomic E-state index is 3.58. The van der Waals surface area contributed by atoms with Crippen LogP contribution >= 0.6 is 22.6 Å². The molecule has 1 aromatic rings. The van der Waals surface area contributed by atoms with Gasteiger partial charge in [-0.15, -0.1) is 0 Å². The van der Waals surface area contributed by atoms with Crippen LogP contribution in [0.3, 0.4) is 0 Å². The van der Waals surface area contributed by atoms with Gasteiger partial charge in [0.2, 0.25) is 0 Å². The molecule has 0 amide bonds. The molecule has 0 saturated heterocycles. The van der Waals surface area contributed by atoms with Gasteiger partial charge in [0.15, 0.2) is 0 Å².